The molecule has 1 aliphatic rings. The lowest BCUT2D eigenvalue weighted by molar-refractivity contribution is 0.0736. The Balaban J connectivity index is 1.63. The Morgan fingerprint density at radius 2 is 2.04 bits per heavy atom. The van der Waals surface area contributed by atoms with Gasteiger partial charge in [0.05, 0.1) is 12.3 Å². The molecule has 152 valence electrons. The van der Waals surface area contributed by atoms with Crippen molar-refractivity contribution in [1.82, 2.24) is 14.4 Å². The molecular formula is C19H25N3O5S. The maximum Gasteiger partial charge on any atom is 0.254 e. The quantitative estimate of drug-likeness (QED) is 0.730. The molecule has 0 saturated carbocycles. The minimum Gasteiger partial charge on any atom is -0.490 e. The highest BCUT2D eigenvalue weighted by molar-refractivity contribution is 7.88. The summed E-state index contributed by atoms with van der Waals surface area (Å²) in [6, 6.07) is 8.56. The van der Waals surface area contributed by atoms with Crippen molar-refractivity contribution in [3.63, 3.8) is 0 Å². The summed E-state index contributed by atoms with van der Waals surface area (Å²) in [5.74, 6) is 0.457. The van der Waals surface area contributed by atoms with Gasteiger partial charge in [0.1, 0.15) is 23.8 Å². The first kappa shape index (κ1) is 20.3. The molecule has 28 heavy (non-hydrogen) atoms. The fraction of sp³-hybridized carbons (Fsp3) is 0.474. The first-order valence-electron chi connectivity index (χ1n) is 9.15. The van der Waals surface area contributed by atoms with Crippen molar-refractivity contribution in [2.45, 2.75) is 31.9 Å². The normalized spacial score (nSPS) is 17.2. The van der Waals surface area contributed by atoms with Crippen molar-refractivity contribution in [1.29, 1.82) is 0 Å². The minimum atomic E-state index is -3.16. The maximum absolute atomic E-state index is 12.8. The SMILES string of the molecule is CC(c1ccon1)N(C)C(=O)c1cccc(OC2CCN(S(C)(=O)=O)CC2)c1. The summed E-state index contributed by atoms with van der Waals surface area (Å²) in [5, 5.41) is 3.89. The number of hydrogen-bond acceptors (Lipinski definition) is 6. The largest absolute Gasteiger partial charge is 0.490 e. The van der Waals surface area contributed by atoms with Gasteiger partial charge in [-0.15, -0.1) is 0 Å². The van der Waals surface area contributed by atoms with Gasteiger partial charge in [0.2, 0.25) is 10.0 Å². The lowest BCUT2D eigenvalue weighted by atomic mass is 10.1. The van der Waals surface area contributed by atoms with Crippen LogP contribution in [-0.4, -0.2) is 61.2 Å². The van der Waals surface area contributed by atoms with Gasteiger partial charge in [-0.2, -0.15) is 0 Å². The third-order valence-electron chi connectivity index (χ3n) is 5.04. The van der Waals surface area contributed by atoms with Gasteiger partial charge in [0.15, 0.2) is 0 Å². The number of piperidine rings is 1. The van der Waals surface area contributed by atoms with Crippen molar-refractivity contribution in [2.24, 2.45) is 0 Å². The van der Waals surface area contributed by atoms with E-state index in [1.165, 1.54) is 16.8 Å². The predicted octanol–water partition coefficient (Wildman–Crippen LogP) is 2.31. The lowest BCUT2D eigenvalue weighted by Crippen LogP contribution is -2.41. The Hall–Kier alpha value is -2.39. The van der Waals surface area contributed by atoms with Crippen LogP contribution in [0.15, 0.2) is 41.1 Å². The number of nitrogens with zero attached hydrogens (tertiary/aromatic N) is 3. The van der Waals surface area contributed by atoms with Gasteiger partial charge in [-0.1, -0.05) is 11.2 Å². The van der Waals surface area contributed by atoms with Crippen molar-refractivity contribution in [2.75, 3.05) is 26.4 Å². The third-order valence-corrected chi connectivity index (χ3v) is 6.34. The molecule has 1 aliphatic heterocycles. The van der Waals surface area contributed by atoms with E-state index in [-0.39, 0.29) is 18.1 Å². The molecule has 1 aromatic carbocycles. The zero-order valence-electron chi connectivity index (χ0n) is 16.2. The fourth-order valence-corrected chi connectivity index (χ4v) is 4.07. The Morgan fingerprint density at radius 3 is 2.64 bits per heavy atom. The summed E-state index contributed by atoms with van der Waals surface area (Å²) in [7, 11) is -1.44. The number of rotatable bonds is 6. The monoisotopic (exact) mass is 407 g/mol. The van der Waals surface area contributed by atoms with Crippen molar-refractivity contribution in [3.8, 4) is 5.75 Å². The average molecular weight is 407 g/mol. The predicted molar refractivity (Wildman–Crippen MR) is 104 cm³/mol. The summed E-state index contributed by atoms with van der Waals surface area (Å²) in [5.41, 5.74) is 1.20. The highest BCUT2D eigenvalue weighted by atomic mass is 32.2. The number of ether oxygens (including phenoxy) is 1. The van der Waals surface area contributed by atoms with E-state index < -0.39 is 10.0 Å². The molecule has 3 rings (SSSR count). The van der Waals surface area contributed by atoms with E-state index in [9.17, 15) is 13.2 Å². The van der Waals surface area contributed by atoms with E-state index in [0.717, 1.165) is 0 Å². The van der Waals surface area contributed by atoms with Crippen LogP contribution in [0.4, 0.5) is 0 Å². The molecule has 1 unspecified atom stereocenters. The van der Waals surface area contributed by atoms with Crippen LogP contribution in [0, 0.1) is 0 Å². The van der Waals surface area contributed by atoms with E-state index in [2.05, 4.69) is 5.16 Å². The first-order chi connectivity index (χ1) is 13.3. The zero-order chi connectivity index (χ0) is 20.3. The number of carbonyl (C=O) groups is 1. The summed E-state index contributed by atoms with van der Waals surface area (Å²) in [6.07, 6.45) is 3.87. The van der Waals surface area contributed by atoms with E-state index in [4.69, 9.17) is 9.26 Å². The molecule has 0 N–H and O–H groups in total. The number of benzene rings is 1. The highest BCUT2D eigenvalue weighted by Crippen LogP contribution is 2.24. The van der Waals surface area contributed by atoms with Gasteiger partial charge in [-0.05, 0) is 38.0 Å². The van der Waals surface area contributed by atoms with E-state index in [1.807, 2.05) is 6.92 Å². The van der Waals surface area contributed by atoms with Gasteiger partial charge < -0.3 is 14.2 Å². The molecule has 0 bridgehead atoms. The van der Waals surface area contributed by atoms with Gasteiger partial charge >= 0.3 is 0 Å². The lowest BCUT2D eigenvalue weighted by Gasteiger charge is -2.30. The van der Waals surface area contributed by atoms with Gasteiger partial charge in [-0.25, -0.2) is 12.7 Å². The van der Waals surface area contributed by atoms with Crippen LogP contribution in [-0.2, 0) is 10.0 Å². The summed E-state index contributed by atoms with van der Waals surface area (Å²) in [6.45, 7) is 2.77. The second-order valence-corrected chi connectivity index (χ2v) is 9.01. The van der Waals surface area contributed by atoms with Crippen LogP contribution >= 0.6 is 0 Å². The summed E-state index contributed by atoms with van der Waals surface area (Å²) < 4.78 is 35.5. The Labute approximate surface area is 165 Å². The number of carbonyl (C=O) groups excluding carboxylic acids is 1. The van der Waals surface area contributed by atoms with Crippen LogP contribution in [0.3, 0.4) is 0 Å². The number of aromatic nitrogens is 1. The molecule has 2 heterocycles. The second kappa shape index (κ2) is 8.32. The molecule has 1 saturated heterocycles. The highest BCUT2D eigenvalue weighted by Gasteiger charge is 2.26. The number of hydrogen-bond donors (Lipinski definition) is 0. The van der Waals surface area contributed by atoms with Crippen LogP contribution in [0.5, 0.6) is 5.75 Å². The van der Waals surface area contributed by atoms with Crippen LogP contribution in [0.1, 0.15) is 41.9 Å². The van der Waals surface area contributed by atoms with Gasteiger partial charge in [0.25, 0.3) is 5.91 Å². The van der Waals surface area contributed by atoms with E-state index >= 15 is 0 Å². The molecule has 1 atom stereocenters. The molecule has 0 aliphatic carbocycles. The zero-order valence-corrected chi connectivity index (χ0v) is 17.1. The standard InChI is InChI=1S/C19H25N3O5S/c1-14(18-9-12-26-20-18)21(2)19(23)15-5-4-6-17(13-15)27-16-7-10-22(11-8-16)28(3,24)25/h4-6,9,12-14,16H,7-8,10-11H2,1-3H3. The van der Waals surface area contributed by atoms with Crippen molar-refractivity contribution >= 4 is 15.9 Å². The Kier molecular flexibility index (Phi) is 6.04. The molecule has 9 heteroatoms. The molecule has 1 aromatic heterocycles. The molecule has 1 amide bonds. The Bertz CT molecular complexity index is 905. The summed E-state index contributed by atoms with van der Waals surface area (Å²) in [4.78, 5) is 14.4. The molecule has 1 fully saturated rings. The second-order valence-electron chi connectivity index (χ2n) is 7.02. The average Bonchev–Trinajstić information content (AvgIpc) is 3.21. The Morgan fingerprint density at radius 1 is 1.32 bits per heavy atom. The topological polar surface area (TPSA) is 93.0 Å². The van der Waals surface area contributed by atoms with Gasteiger partial charge in [-0.3, -0.25) is 4.79 Å². The van der Waals surface area contributed by atoms with Crippen molar-refractivity contribution in [3.05, 3.63) is 47.9 Å². The fourth-order valence-electron chi connectivity index (χ4n) is 3.19. The molecule has 8 nitrogen and oxygen atoms in total. The molecule has 0 spiro atoms. The van der Waals surface area contributed by atoms with E-state index in [0.29, 0.717) is 42.9 Å². The third kappa shape index (κ3) is 4.71. The van der Waals surface area contributed by atoms with E-state index in [1.54, 1.807) is 42.3 Å². The van der Waals surface area contributed by atoms with Gasteiger partial charge in [0, 0.05) is 31.8 Å². The first-order valence-corrected chi connectivity index (χ1v) is 11.0. The number of amides is 1. The van der Waals surface area contributed by atoms with Crippen LogP contribution in [0.2, 0.25) is 0 Å². The van der Waals surface area contributed by atoms with Crippen LogP contribution in [0.25, 0.3) is 0 Å². The van der Waals surface area contributed by atoms with Crippen LogP contribution < -0.4 is 4.74 Å². The maximum atomic E-state index is 12.8. The molecular weight excluding hydrogens is 382 g/mol. The molecule has 0 radical (unpaired) electrons. The molecule has 2 aromatic rings. The minimum absolute atomic E-state index is 0.0739. The summed E-state index contributed by atoms with van der Waals surface area (Å²) >= 11 is 0. The smallest absolute Gasteiger partial charge is 0.254 e. The number of sulfonamides is 1. The van der Waals surface area contributed by atoms with Crippen molar-refractivity contribution < 1.29 is 22.5 Å².